The number of rotatable bonds is 6. The summed E-state index contributed by atoms with van der Waals surface area (Å²) in [5.41, 5.74) is 4.90. The minimum Gasteiger partial charge on any atom is -0.335 e. The first-order valence-corrected chi connectivity index (χ1v) is 8.25. The van der Waals surface area contributed by atoms with Crippen molar-refractivity contribution in [1.29, 1.82) is 0 Å². The van der Waals surface area contributed by atoms with Gasteiger partial charge in [-0.3, -0.25) is 5.10 Å². The zero-order chi connectivity index (χ0) is 16.1. The summed E-state index contributed by atoms with van der Waals surface area (Å²) < 4.78 is 0. The third kappa shape index (κ3) is 4.56. The number of nitrogens with zero attached hydrogens (tertiary/aromatic N) is 3. The molecule has 0 aliphatic heterocycles. The Bertz CT molecular complexity index is 621. The van der Waals surface area contributed by atoms with E-state index in [1.807, 2.05) is 39.4 Å². The molecule has 22 heavy (non-hydrogen) atoms. The summed E-state index contributed by atoms with van der Waals surface area (Å²) in [6.07, 6.45) is 1.56. The second kappa shape index (κ2) is 7.40. The smallest absolute Gasteiger partial charge is 0.317 e. The molecule has 0 spiro atoms. The number of amides is 2. The summed E-state index contributed by atoms with van der Waals surface area (Å²) in [6.45, 7) is 6.64. The molecule has 0 unspecified atom stereocenters. The predicted octanol–water partition coefficient (Wildman–Crippen LogP) is 2.30. The Morgan fingerprint density at radius 2 is 2.27 bits per heavy atom. The lowest BCUT2D eigenvalue weighted by Crippen LogP contribution is -2.43. The highest BCUT2D eigenvalue weighted by Gasteiger charge is 2.14. The van der Waals surface area contributed by atoms with E-state index >= 15 is 0 Å². The van der Waals surface area contributed by atoms with Gasteiger partial charge >= 0.3 is 6.03 Å². The van der Waals surface area contributed by atoms with E-state index in [9.17, 15) is 4.79 Å². The van der Waals surface area contributed by atoms with Gasteiger partial charge in [-0.2, -0.15) is 5.10 Å². The van der Waals surface area contributed by atoms with Gasteiger partial charge in [-0.15, -0.1) is 11.3 Å². The molecule has 2 rings (SSSR count). The Kier molecular flexibility index (Phi) is 5.54. The second-order valence-electron chi connectivity index (χ2n) is 5.63. The van der Waals surface area contributed by atoms with Crippen LogP contribution in [0.25, 0.3) is 0 Å². The van der Waals surface area contributed by atoms with Gasteiger partial charge in [0.25, 0.3) is 0 Å². The van der Waals surface area contributed by atoms with Crippen LogP contribution in [0.3, 0.4) is 0 Å². The number of aromatic amines is 1. The number of thiazole rings is 1. The van der Waals surface area contributed by atoms with Crippen LogP contribution in [0.2, 0.25) is 0 Å². The summed E-state index contributed by atoms with van der Waals surface area (Å²) in [6, 6.07) is 1.99. The molecule has 2 aromatic heterocycles. The van der Waals surface area contributed by atoms with Gasteiger partial charge in [-0.05, 0) is 26.8 Å². The molecule has 120 valence electrons. The standard InChI is InChI=1S/C15H23N5OS/c1-10(7-13-8-11(2)18-19-13)17-15(21)20(4)6-5-14-12(3)16-9-22-14/h8-10H,5-7H2,1-4H3,(H,17,21)(H,18,19)/t10-/m0/s1. The molecular formula is C15H23N5OS. The van der Waals surface area contributed by atoms with Crippen LogP contribution in [-0.4, -0.2) is 45.7 Å². The molecule has 0 aromatic carbocycles. The van der Waals surface area contributed by atoms with Crippen LogP contribution < -0.4 is 5.32 Å². The zero-order valence-electron chi connectivity index (χ0n) is 13.5. The maximum Gasteiger partial charge on any atom is 0.317 e. The fourth-order valence-electron chi connectivity index (χ4n) is 2.20. The quantitative estimate of drug-likeness (QED) is 0.857. The molecule has 0 bridgehead atoms. The first-order chi connectivity index (χ1) is 10.5. The van der Waals surface area contributed by atoms with Crippen molar-refractivity contribution < 1.29 is 4.79 Å². The van der Waals surface area contributed by atoms with Crippen molar-refractivity contribution in [2.45, 2.75) is 39.7 Å². The highest BCUT2D eigenvalue weighted by atomic mass is 32.1. The van der Waals surface area contributed by atoms with Crippen LogP contribution in [0.4, 0.5) is 4.79 Å². The highest BCUT2D eigenvalue weighted by molar-refractivity contribution is 7.09. The Labute approximate surface area is 135 Å². The third-order valence-corrected chi connectivity index (χ3v) is 4.50. The van der Waals surface area contributed by atoms with Crippen molar-refractivity contribution in [3.05, 3.63) is 33.5 Å². The molecule has 1 atom stereocenters. The van der Waals surface area contributed by atoms with E-state index in [0.717, 1.165) is 29.9 Å². The normalized spacial score (nSPS) is 12.2. The van der Waals surface area contributed by atoms with Crippen molar-refractivity contribution in [1.82, 2.24) is 25.4 Å². The Morgan fingerprint density at radius 3 is 2.86 bits per heavy atom. The van der Waals surface area contributed by atoms with Crippen LogP contribution in [0.15, 0.2) is 11.6 Å². The van der Waals surface area contributed by atoms with Gasteiger partial charge in [0.05, 0.1) is 16.9 Å². The lowest BCUT2D eigenvalue weighted by Gasteiger charge is -2.20. The summed E-state index contributed by atoms with van der Waals surface area (Å²) in [4.78, 5) is 19.3. The van der Waals surface area contributed by atoms with E-state index < -0.39 is 0 Å². The summed E-state index contributed by atoms with van der Waals surface area (Å²) in [7, 11) is 1.82. The van der Waals surface area contributed by atoms with Crippen LogP contribution in [0.5, 0.6) is 0 Å². The fourth-order valence-corrected chi connectivity index (χ4v) is 2.97. The fraction of sp³-hybridized carbons (Fsp3) is 0.533. The average Bonchev–Trinajstić information content (AvgIpc) is 3.04. The lowest BCUT2D eigenvalue weighted by atomic mass is 10.2. The minimum atomic E-state index is -0.0538. The van der Waals surface area contributed by atoms with Crippen LogP contribution >= 0.6 is 11.3 Å². The maximum absolute atomic E-state index is 12.2. The first kappa shape index (κ1) is 16.5. The van der Waals surface area contributed by atoms with Crippen molar-refractivity contribution in [3.8, 4) is 0 Å². The Hall–Kier alpha value is -1.89. The monoisotopic (exact) mass is 321 g/mol. The van der Waals surface area contributed by atoms with Gasteiger partial charge in [-0.25, -0.2) is 9.78 Å². The first-order valence-electron chi connectivity index (χ1n) is 7.37. The third-order valence-electron chi connectivity index (χ3n) is 3.51. The number of carbonyl (C=O) groups excluding carboxylic acids is 1. The number of carbonyl (C=O) groups is 1. The summed E-state index contributed by atoms with van der Waals surface area (Å²) in [5.74, 6) is 0. The molecule has 0 saturated heterocycles. The molecule has 0 fully saturated rings. The van der Waals surface area contributed by atoms with Crippen LogP contribution in [0, 0.1) is 13.8 Å². The van der Waals surface area contributed by atoms with Gasteiger partial charge in [0, 0.05) is 43.0 Å². The van der Waals surface area contributed by atoms with Gasteiger partial charge in [-0.1, -0.05) is 0 Å². The zero-order valence-corrected chi connectivity index (χ0v) is 14.3. The van der Waals surface area contributed by atoms with E-state index in [0.29, 0.717) is 6.54 Å². The molecule has 0 radical (unpaired) electrons. The van der Waals surface area contributed by atoms with E-state index in [-0.39, 0.29) is 12.1 Å². The summed E-state index contributed by atoms with van der Waals surface area (Å²) in [5, 5.41) is 10.1. The van der Waals surface area contributed by atoms with E-state index in [2.05, 4.69) is 20.5 Å². The molecule has 2 N–H and O–H groups in total. The van der Waals surface area contributed by atoms with Gasteiger partial charge < -0.3 is 10.2 Å². The van der Waals surface area contributed by atoms with Gasteiger partial charge in [0.1, 0.15) is 0 Å². The predicted molar refractivity (Wildman–Crippen MR) is 88.2 cm³/mol. The van der Waals surface area contributed by atoms with Crippen LogP contribution in [0.1, 0.15) is 28.9 Å². The number of H-pyrrole nitrogens is 1. The second-order valence-corrected chi connectivity index (χ2v) is 6.57. The number of urea groups is 1. The number of likely N-dealkylation sites (N-methyl/N-ethyl adjacent to an activating group) is 1. The number of hydrogen-bond donors (Lipinski definition) is 2. The molecule has 6 nitrogen and oxygen atoms in total. The Balaban J connectivity index is 1.76. The van der Waals surface area contributed by atoms with E-state index in [4.69, 9.17) is 0 Å². The SMILES string of the molecule is Cc1cc(C[C@H](C)NC(=O)N(C)CCc2scnc2C)n[nH]1. The van der Waals surface area contributed by atoms with E-state index in [1.54, 1.807) is 16.2 Å². The molecular weight excluding hydrogens is 298 g/mol. The number of aryl methyl sites for hydroxylation is 2. The molecule has 2 aromatic rings. The van der Waals surface area contributed by atoms with Crippen molar-refractivity contribution >= 4 is 17.4 Å². The maximum atomic E-state index is 12.2. The molecule has 0 aliphatic carbocycles. The molecule has 7 heteroatoms. The van der Waals surface area contributed by atoms with Gasteiger partial charge in [0.2, 0.25) is 0 Å². The average molecular weight is 321 g/mol. The molecule has 0 aliphatic rings. The minimum absolute atomic E-state index is 0.0443. The molecule has 0 saturated carbocycles. The Morgan fingerprint density at radius 1 is 1.50 bits per heavy atom. The number of aromatic nitrogens is 3. The van der Waals surface area contributed by atoms with Crippen molar-refractivity contribution in [2.24, 2.45) is 0 Å². The lowest BCUT2D eigenvalue weighted by molar-refractivity contribution is 0.206. The van der Waals surface area contributed by atoms with Crippen LogP contribution in [-0.2, 0) is 12.8 Å². The van der Waals surface area contributed by atoms with Crippen molar-refractivity contribution in [2.75, 3.05) is 13.6 Å². The number of nitrogens with one attached hydrogen (secondary N) is 2. The number of hydrogen-bond acceptors (Lipinski definition) is 4. The van der Waals surface area contributed by atoms with Gasteiger partial charge in [0.15, 0.2) is 0 Å². The topological polar surface area (TPSA) is 73.9 Å². The van der Waals surface area contributed by atoms with E-state index in [1.165, 1.54) is 4.88 Å². The summed E-state index contributed by atoms with van der Waals surface area (Å²) >= 11 is 1.64. The molecule has 2 heterocycles. The molecule has 2 amide bonds. The van der Waals surface area contributed by atoms with Crippen molar-refractivity contribution in [3.63, 3.8) is 0 Å². The highest BCUT2D eigenvalue weighted by Crippen LogP contribution is 2.13. The largest absolute Gasteiger partial charge is 0.335 e.